The summed E-state index contributed by atoms with van der Waals surface area (Å²) in [6.07, 6.45) is 0.620. The van der Waals surface area contributed by atoms with Crippen molar-refractivity contribution in [1.29, 1.82) is 0 Å². The quantitative estimate of drug-likeness (QED) is 0.731. The lowest BCUT2D eigenvalue weighted by atomic mass is 10.1. The fraction of sp³-hybridized carbons (Fsp3) is 0.200. The second-order valence-corrected chi connectivity index (χ2v) is 2.89. The Hall–Kier alpha value is -1.32. The number of fused-ring (bicyclic) bond motifs is 1. The molecule has 0 unspecified atom stereocenters. The van der Waals surface area contributed by atoms with Gasteiger partial charge in [-0.15, -0.1) is 0 Å². The van der Waals surface area contributed by atoms with Gasteiger partial charge in [0.2, 0.25) is 0 Å². The van der Waals surface area contributed by atoms with Crippen LogP contribution in [0.3, 0.4) is 0 Å². The molecule has 2 N–H and O–H groups in total. The Balaban J connectivity index is 2.57. The molecule has 1 aromatic carbocycles. The highest BCUT2D eigenvalue weighted by Crippen LogP contribution is 2.25. The molecule has 0 saturated carbocycles. The van der Waals surface area contributed by atoms with Gasteiger partial charge in [0, 0.05) is 10.9 Å². The van der Waals surface area contributed by atoms with E-state index in [-0.39, 0.29) is 6.61 Å². The van der Waals surface area contributed by atoms with Gasteiger partial charge in [-0.25, -0.2) is 0 Å². The number of rotatable bonds is 2. The van der Waals surface area contributed by atoms with Gasteiger partial charge in [-0.2, -0.15) is 0 Å². The largest absolute Gasteiger partial charge is 0.464 e. The molecule has 0 spiro atoms. The van der Waals surface area contributed by atoms with Gasteiger partial charge >= 0.3 is 0 Å². The van der Waals surface area contributed by atoms with Crippen LogP contribution in [0, 0.1) is 0 Å². The van der Waals surface area contributed by atoms with Crippen LogP contribution in [0.15, 0.2) is 34.9 Å². The average molecular weight is 178 g/mol. The maximum absolute atomic E-state index is 9.41. The second-order valence-electron chi connectivity index (χ2n) is 2.89. The standard InChI is InChI=1S/C10H10O3/c11-5-9(12)8-6-13-10-4-2-1-3-7(8)10/h1-4,6,9,11-12H,5H2/t9-/m1/s1. The number of para-hydroxylation sites is 1. The topological polar surface area (TPSA) is 53.6 Å². The van der Waals surface area contributed by atoms with Gasteiger partial charge in [-0.3, -0.25) is 0 Å². The molecule has 1 atom stereocenters. The minimum Gasteiger partial charge on any atom is -0.464 e. The number of benzene rings is 1. The number of aliphatic hydroxyl groups excluding tert-OH is 2. The molecule has 0 aliphatic carbocycles. The minimum absolute atomic E-state index is 0.288. The molecule has 68 valence electrons. The normalized spacial score (nSPS) is 13.4. The van der Waals surface area contributed by atoms with E-state index >= 15 is 0 Å². The van der Waals surface area contributed by atoms with E-state index in [2.05, 4.69) is 0 Å². The van der Waals surface area contributed by atoms with Crippen LogP contribution >= 0.6 is 0 Å². The van der Waals surface area contributed by atoms with E-state index in [0.717, 1.165) is 11.0 Å². The van der Waals surface area contributed by atoms with Crippen molar-refractivity contribution in [2.45, 2.75) is 6.10 Å². The van der Waals surface area contributed by atoms with Gasteiger partial charge in [0.15, 0.2) is 0 Å². The van der Waals surface area contributed by atoms with Gasteiger partial charge in [0.25, 0.3) is 0 Å². The van der Waals surface area contributed by atoms with E-state index in [1.807, 2.05) is 24.3 Å². The molecule has 0 bridgehead atoms. The van der Waals surface area contributed by atoms with Gasteiger partial charge < -0.3 is 14.6 Å². The Labute approximate surface area is 75.2 Å². The Morgan fingerprint density at radius 2 is 2.08 bits per heavy atom. The highest BCUT2D eigenvalue weighted by atomic mass is 16.3. The predicted molar refractivity (Wildman–Crippen MR) is 48.3 cm³/mol. The van der Waals surface area contributed by atoms with Crippen LogP contribution in [0.4, 0.5) is 0 Å². The van der Waals surface area contributed by atoms with E-state index < -0.39 is 6.10 Å². The molecule has 0 fully saturated rings. The highest BCUT2D eigenvalue weighted by molar-refractivity contribution is 5.81. The molecule has 2 aromatic rings. The summed E-state index contributed by atoms with van der Waals surface area (Å²) >= 11 is 0. The summed E-state index contributed by atoms with van der Waals surface area (Å²) in [7, 11) is 0. The summed E-state index contributed by atoms with van der Waals surface area (Å²) in [6.45, 7) is -0.288. The first-order valence-corrected chi connectivity index (χ1v) is 4.08. The third-order valence-corrected chi connectivity index (χ3v) is 2.04. The molecule has 3 heteroatoms. The van der Waals surface area contributed by atoms with Crippen molar-refractivity contribution in [2.24, 2.45) is 0 Å². The molecule has 0 amide bonds. The maximum Gasteiger partial charge on any atom is 0.134 e. The fourth-order valence-electron chi connectivity index (χ4n) is 1.35. The van der Waals surface area contributed by atoms with Crippen LogP contribution in [-0.4, -0.2) is 16.8 Å². The maximum atomic E-state index is 9.41. The van der Waals surface area contributed by atoms with Crippen molar-refractivity contribution in [3.63, 3.8) is 0 Å². The zero-order chi connectivity index (χ0) is 9.26. The molecule has 0 aliphatic rings. The van der Waals surface area contributed by atoms with Crippen LogP contribution in [0.2, 0.25) is 0 Å². The van der Waals surface area contributed by atoms with Gasteiger partial charge in [0.05, 0.1) is 12.9 Å². The summed E-state index contributed by atoms with van der Waals surface area (Å²) in [4.78, 5) is 0. The summed E-state index contributed by atoms with van der Waals surface area (Å²) in [5.74, 6) is 0. The van der Waals surface area contributed by atoms with Gasteiger partial charge in [-0.05, 0) is 6.07 Å². The molecule has 3 nitrogen and oxygen atoms in total. The summed E-state index contributed by atoms with van der Waals surface area (Å²) in [6, 6.07) is 7.41. The number of aliphatic hydroxyl groups is 2. The summed E-state index contributed by atoms with van der Waals surface area (Å²) in [5, 5.41) is 19.0. The van der Waals surface area contributed by atoms with Crippen molar-refractivity contribution in [2.75, 3.05) is 6.61 Å². The van der Waals surface area contributed by atoms with Crippen molar-refractivity contribution < 1.29 is 14.6 Å². The van der Waals surface area contributed by atoms with Crippen LogP contribution in [0.5, 0.6) is 0 Å². The number of hydrogen-bond acceptors (Lipinski definition) is 3. The van der Waals surface area contributed by atoms with Crippen LogP contribution < -0.4 is 0 Å². The molecule has 1 aromatic heterocycles. The van der Waals surface area contributed by atoms with E-state index in [1.165, 1.54) is 6.26 Å². The second kappa shape index (κ2) is 3.20. The lowest BCUT2D eigenvalue weighted by molar-refractivity contribution is 0.0960. The first-order chi connectivity index (χ1) is 6.33. The Morgan fingerprint density at radius 1 is 1.31 bits per heavy atom. The molecular weight excluding hydrogens is 168 g/mol. The van der Waals surface area contributed by atoms with Gasteiger partial charge in [0.1, 0.15) is 11.7 Å². The Kier molecular flexibility index (Phi) is 2.04. The smallest absolute Gasteiger partial charge is 0.134 e. The molecule has 13 heavy (non-hydrogen) atoms. The first-order valence-electron chi connectivity index (χ1n) is 4.08. The number of hydrogen-bond donors (Lipinski definition) is 2. The van der Waals surface area contributed by atoms with Crippen LogP contribution in [-0.2, 0) is 0 Å². The average Bonchev–Trinajstić information content (AvgIpc) is 2.60. The molecule has 2 rings (SSSR count). The predicted octanol–water partition coefficient (Wildman–Crippen LogP) is 1.46. The third-order valence-electron chi connectivity index (χ3n) is 2.04. The minimum atomic E-state index is -0.858. The summed E-state index contributed by atoms with van der Waals surface area (Å²) in [5.41, 5.74) is 1.36. The molecule has 0 aliphatic heterocycles. The molecule has 0 saturated heterocycles. The molecule has 1 heterocycles. The van der Waals surface area contributed by atoms with Crippen molar-refractivity contribution in [3.05, 3.63) is 36.1 Å². The van der Waals surface area contributed by atoms with Crippen LogP contribution in [0.25, 0.3) is 11.0 Å². The first kappa shape index (κ1) is 8.29. The third kappa shape index (κ3) is 1.32. The van der Waals surface area contributed by atoms with E-state index in [1.54, 1.807) is 0 Å². The highest BCUT2D eigenvalue weighted by Gasteiger charge is 2.12. The zero-order valence-electron chi connectivity index (χ0n) is 6.97. The van der Waals surface area contributed by atoms with E-state index in [0.29, 0.717) is 5.56 Å². The van der Waals surface area contributed by atoms with Crippen molar-refractivity contribution >= 4 is 11.0 Å². The fourth-order valence-corrected chi connectivity index (χ4v) is 1.35. The molecule has 0 radical (unpaired) electrons. The van der Waals surface area contributed by atoms with E-state index in [9.17, 15) is 5.11 Å². The lowest BCUT2D eigenvalue weighted by Crippen LogP contribution is -2.00. The van der Waals surface area contributed by atoms with Crippen molar-refractivity contribution in [1.82, 2.24) is 0 Å². The van der Waals surface area contributed by atoms with Gasteiger partial charge in [-0.1, -0.05) is 18.2 Å². The lowest BCUT2D eigenvalue weighted by Gasteiger charge is -2.02. The Morgan fingerprint density at radius 3 is 2.85 bits per heavy atom. The molecular formula is C10H10O3. The monoisotopic (exact) mass is 178 g/mol. The Bertz CT molecular complexity index is 405. The zero-order valence-corrected chi connectivity index (χ0v) is 6.97. The number of furan rings is 1. The van der Waals surface area contributed by atoms with E-state index in [4.69, 9.17) is 9.52 Å². The van der Waals surface area contributed by atoms with Crippen molar-refractivity contribution in [3.8, 4) is 0 Å². The summed E-state index contributed by atoms with van der Waals surface area (Å²) < 4.78 is 5.20. The SMILES string of the molecule is OC[C@@H](O)c1coc2ccccc12. The van der Waals surface area contributed by atoms with Crippen LogP contribution in [0.1, 0.15) is 11.7 Å².